The fraction of sp³-hybridized carbons (Fsp3) is 0.111. The molecule has 0 unspecified atom stereocenters. The summed E-state index contributed by atoms with van der Waals surface area (Å²) in [6.07, 6.45) is 0. The molecule has 2 aromatic carbocycles. The number of nitrogens with zero attached hydrogens (tertiary/aromatic N) is 1. The van der Waals surface area contributed by atoms with Crippen LogP contribution in [-0.2, 0) is 6.54 Å². The van der Waals surface area contributed by atoms with Crippen LogP contribution >= 0.6 is 11.6 Å². The highest BCUT2D eigenvalue weighted by Crippen LogP contribution is 2.26. The third-order valence-electron chi connectivity index (χ3n) is 3.56. The monoisotopic (exact) mass is 327 g/mol. The molecule has 4 nitrogen and oxygen atoms in total. The Labute approximate surface area is 137 Å². The SMILES string of the molecule is CC(=NCc1ccc(Cl)cc1)c1c(O)c2ccccc2oc1=O. The summed E-state index contributed by atoms with van der Waals surface area (Å²) in [5, 5.41) is 11.5. The van der Waals surface area contributed by atoms with Crippen molar-refractivity contribution >= 4 is 28.3 Å². The number of halogens is 1. The standard InChI is InChI=1S/C18H14ClNO3/c1-11(20-10-12-6-8-13(19)9-7-12)16-17(21)14-4-2-3-5-15(14)23-18(16)22/h2-9,21H,10H2,1H3. The van der Waals surface area contributed by atoms with Gasteiger partial charge in [0.1, 0.15) is 16.9 Å². The summed E-state index contributed by atoms with van der Waals surface area (Å²) in [4.78, 5) is 16.5. The van der Waals surface area contributed by atoms with Crippen LogP contribution in [0.1, 0.15) is 18.1 Å². The third kappa shape index (κ3) is 3.12. The van der Waals surface area contributed by atoms with Crippen molar-refractivity contribution in [3.05, 3.63) is 75.1 Å². The summed E-state index contributed by atoms with van der Waals surface area (Å²) in [6, 6.07) is 14.1. The third-order valence-corrected chi connectivity index (χ3v) is 3.81. The van der Waals surface area contributed by atoms with E-state index in [0.29, 0.717) is 28.2 Å². The van der Waals surface area contributed by atoms with Crippen molar-refractivity contribution in [3.63, 3.8) is 0 Å². The summed E-state index contributed by atoms with van der Waals surface area (Å²) >= 11 is 5.84. The minimum Gasteiger partial charge on any atom is -0.506 e. The van der Waals surface area contributed by atoms with E-state index in [4.69, 9.17) is 16.0 Å². The highest BCUT2D eigenvalue weighted by molar-refractivity contribution is 6.30. The van der Waals surface area contributed by atoms with Gasteiger partial charge >= 0.3 is 5.63 Å². The normalized spacial score (nSPS) is 11.8. The molecule has 0 amide bonds. The van der Waals surface area contributed by atoms with E-state index in [1.54, 1.807) is 43.3 Å². The molecule has 1 N–H and O–H groups in total. The van der Waals surface area contributed by atoms with Gasteiger partial charge in [0.25, 0.3) is 0 Å². The molecule has 0 saturated carbocycles. The number of hydrogen-bond donors (Lipinski definition) is 1. The van der Waals surface area contributed by atoms with E-state index in [0.717, 1.165) is 5.56 Å². The van der Waals surface area contributed by atoms with Gasteiger partial charge in [0.05, 0.1) is 17.6 Å². The molecular weight excluding hydrogens is 314 g/mol. The van der Waals surface area contributed by atoms with E-state index in [-0.39, 0.29) is 11.3 Å². The van der Waals surface area contributed by atoms with Crippen LogP contribution in [0.25, 0.3) is 11.0 Å². The average Bonchev–Trinajstić information content (AvgIpc) is 2.54. The fourth-order valence-electron chi connectivity index (χ4n) is 2.33. The quantitative estimate of drug-likeness (QED) is 0.580. The molecule has 23 heavy (non-hydrogen) atoms. The minimum absolute atomic E-state index is 0.0951. The molecule has 116 valence electrons. The lowest BCUT2D eigenvalue weighted by molar-refractivity contribution is 0.466. The summed E-state index contributed by atoms with van der Waals surface area (Å²) in [7, 11) is 0. The number of hydrogen-bond acceptors (Lipinski definition) is 4. The summed E-state index contributed by atoms with van der Waals surface area (Å²) in [6.45, 7) is 2.06. The van der Waals surface area contributed by atoms with Crippen LogP contribution in [0, 0.1) is 0 Å². The number of aromatic hydroxyl groups is 1. The van der Waals surface area contributed by atoms with Crippen LogP contribution in [0.4, 0.5) is 0 Å². The molecular formula is C18H14ClNO3. The lowest BCUT2D eigenvalue weighted by Crippen LogP contribution is -2.13. The molecule has 0 radical (unpaired) electrons. The van der Waals surface area contributed by atoms with Gasteiger partial charge in [-0.1, -0.05) is 35.9 Å². The first kappa shape index (κ1) is 15.3. The first-order valence-corrected chi connectivity index (χ1v) is 7.45. The van der Waals surface area contributed by atoms with E-state index in [1.807, 2.05) is 12.1 Å². The van der Waals surface area contributed by atoms with Crippen molar-refractivity contribution in [2.75, 3.05) is 0 Å². The van der Waals surface area contributed by atoms with E-state index < -0.39 is 5.63 Å². The zero-order chi connectivity index (χ0) is 16.4. The Kier molecular flexibility index (Phi) is 4.17. The van der Waals surface area contributed by atoms with Gasteiger partial charge in [-0.3, -0.25) is 4.99 Å². The van der Waals surface area contributed by atoms with Crippen molar-refractivity contribution in [2.45, 2.75) is 13.5 Å². The Bertz CT molecular complexity index is 943. The van der Waals surface area contributed by atoms with Gasteiger partial charge in [0.15, 0.2) is 0 Å². The fourth-order valence-corrected chi connectivity index (χ4v) is 2.46. The molecule has 5 heteroatoms. The van der Waals surface area contributed by atoms with Crippen LogP contribution in [0.2, 0.25) is 5.02 Å². The van der Waals surface area contributed by atoms with Crippen molar-refractivity contribution in [1.82, 2.24) is 0 Å². The lowest BCUT2D eigenvalue weighted by atomic mass is 10.1. The zero-order valence-electron chi connectivity index (χ0n) is 12.4. The summed E-state index contributed by atoms with van der Waals surface area (Å²) in [5.74, 6) is -0.103. The molecule has 1 aromatic heterocycles. The predicted molar refractivity (Wildman–Crippen MR) is 91.5 cm³/mol. The maximum atomic E-state index is 12.1. The molecule has 0 saturated heterocycles. The Morgan fingerprint density at radius 2 is 1.87 bits per heavy atom. The molecule has 0 bridgehead atoms. The first-order chi connectivity index (χ1) is 11.1. The summed E-state index contributed by atoms with van der Waals surface area (Å²) in [5.41, 5.74) is 1.23. The lowest BCUT2D eigenvalue weighted by Gasteiger charge is -2.06. The van der Waals surface area contributed by atoms with Crippen LogP contribution < -0.4 is 5.63 Å². The van der Waals surface area contributed by atoms with Gasteiger partial charge in [0, 0.05) is 5.02 Å². The number of aliphatic imine (C=N–C) groups is 1. The van der Waals surface area contributed by atoms with E-state index >= 15 is 0 Å². The molecule has 3 aromatic rings. The molecule has 0 atom stereocenters. The number of benzene rings is 2. The molecule has 0 fully saturated rings. The van der Waals surface area contributed by atoms with Crippen LogP contribution in [0.15, 0.2) is 62.7 Å². The average molecular weight is 328 g/mol. The number of para-hydroxylation sites is 1. The van der Waals surface area contributed by atoms with Gasteiger partial charge in [-0.15, -0.1) is 0 Å². The van der Waals surface area contributed by atoms with Gasteiger partial charge in [0.2, 0.25) is 0 Å². The first-order valence-electron chi connectivity index (χ1n) is 7.07. The Hall–Kier alpha value is -2.59. The molecule has 1 heterocycles. The largest absolute Gasteiger partial charge is 0.506 e. The van der Waals surface area contributed by atoms with Crippen molar-refractivity contribution in [2.24, 2.45) is 4.99 Å². The molecule has 0 aliphatic carbocycles. The molecule has 0 spiro atoms. The van der Waals surface area contributed by atoms with Gasteiger partial charge in [-0.25, -0.2) is 4.79 Å². The zero-order valence-corrected chi connectivity index (χ0v) is 13.2. The second kappa shape index (κ2) is 6.26. The predicted octanol–water partition coefficient (Wildman–Crippen LogP) is 4.16. The Balaban J connectivity index is 2.00. The van der Waals surface area contributed by atoms with E-state index in [2.05, 4.69) is 4.99 Å². The number of fused-ring (bicyclic) bond motifs is 1. The van der Waals surface area contributed by atoms with Crippen LogP contribution in [0.5, 0.6) is 5.75 Å². The van der Waals surface area contributed by atoms with Gasteiger partial charge < -0.3 is 9.52 Å². The van der Waals surface area contributed by atoms with Crippen LogP contribution in [0.3, 0.4) is 0 Å². The van der Waals surface area contributed by atoms with Crippen molar-refractivity contribution < 1.29 is 9.52 Å². The second-order valence-corrected chi connectivity index (χ2v) is 5.57. The van der Waals surface area contributed by atoms with Gasteiger partial charge in [-0.05, 0) is 36.8 Å². The highest BCUT2D eigenvalue weighted by Gasteiger charge is 2.15. The van der Waals surface area contributed by atoms with Crippen LogP contribution in [-0.4, -0.2) is 10.8 Å². The van der Waals surface area contributed by atoms with Crippen molar-refractivity contribution in [1.29, 1.82) is 0 Å². The maximum absolute atomic E-state index is 12.1. The van der Waals surface area contributed by atoms with Gasteiger partial charge in [-0.2, -0.15) is 0 Å². The summed E-state index contributed by atoms with van der Waals surface area (Å²) < 4.78 is 5.25. The topological polar surface area (TPSA) is 62.8 Å². The highest BCUT2D eigenvalue weighted by atomic mass is 35.5. The van der Waals surface area contributed by atoms with E-state index in [9.17, 15) is 9.90 Å². The van der Waals surface area contributed by atoms with E-state index in [1.165, 1.54) is 0 Å². The molecule has 3 rings (SSSR count). The molecule has 0 aliphatic heterocycles. The molecule has 0 aliphatic rings. The minimum atomic E-state index is -0.599. The second-order valence-electron chi connectivity index (χ2n) is 5.14. The van der Waals surface area contributed by atoms with Crippen molar-refractivity contribution in [3.8, 4) is 5.75 Å². The number of rotatable bonds is 3. The Morgan fingerprint density at radius 3 is 2.61 bits per heavy atom. The Morgan fingerprint density at radius 1 is 1.17 bits per heavy atom. The maximum Gasteiger partial charge on any atom is 0.349 e. The smallest absolute Gasteiger partial charge is 0.349 e.